The van der Waals surface area contributed by atoms with Crippen LogP contribution in [0.2, 0.25) is 0 Å². The lowest BCUT2D eigenvalue weighted by Gasteiger charge is -2.31. The maximum absolute atomic E-state index is 12.1. The van der Waals surface area contributed by atoms with Gasteiger partial charge in [0.25, 0.3) is 10.1 Å². The van der Waals surface area contributed by atoms with Crippen molar-refractivity contribution in [1.29, 1.82) is 0 Å². The van der Waals surface area contributed by atoms with Crippen molar-refractivity contribution in [2.24, 2.45) is 0 Å². The lowest BCUT2D eigenvalue weighted by molar-refractivity contribution is 0.319. The molecule has 2 aromatic carbocycles. The molecule has 11 nitrogen and oxygen atoms in total. The standard InChI is InChI=1S/C27H35ClN2O9S3/c1-4-22(19(2)42(36,37)38)27-23-7-5-20(29-10-14-40(32,33)13-9-28)17-25(23)39-26-18-21(6-8-24(26)27)30(3)11-15-41(34,35)16-12-31/h4-8,17-18,27,29,31H,1,9-16H2,2-3H3,(H,36,37,38)/b22-19-. The third kappa shape index (κ3) is 8.48. The Morgan fingerprint density at radius 2 is 1.62 bits per heavy atom. The van der Waals surface area contributed by atoms with Crippen molar-refractivity contribution in [3.05, 3.63) is 70.7 Å². The SMILES string of the molecule is C=C/C(=C(\C)S(=O)(=O)O)C1c2ccc(NCCS(=O)(=O)CCCl)cc2Oc2cc(N(C)CCS(=O)(=O)CCO)ccc21. The van der Waals surface area contributed by atoms with Crippen molar-refractivity contribution >= 4 is 52.8 Å². The molecular formula is C27H35ClN2O9S3. The van der Waals surface area contributed by atoms with Gasteiger partial charge in [-0.15, -0.1) is 11.6 Å². The Bertz CT molecular complexity index is 1670. The third-order valence-corrected chi connectivity index (χ3v) is 11.6. The first-order valence-electron chi connectivity index (χ1n) is 12.9. The summed E-state index contributed by atoms with van der Waals surface area (Å²) in [6.45, 7) is 4.90. The Labute approximate surface area is 252 Å². The molecule has 3 N–H and O–H groups in total. The second kappa shape index (κ2) is 13.8. The quantitative estimate of drug-likeness (QED) is 0.146. The summed E-state index contributed by atoms with van der Waals surface area (Å²) in [6.07, 6.45) is 1.37. The number of benzene rings is 2. The van der Waals surface area contributed by atoms with Gasteiger partial charge >= 0.3 is 0 Å². The highest BCUT2D eigenvalue weighted by atomic mass is 35.5. The average Bonchev–Trinajstić information content (AvgIpc) is 2.90. The van der Waals surface area contributed by atoms with Gasteiger partial charge in [-0.1, -0.05) is 24.8 Å². The van der Waals surface area contributed by atoms with E-state index in [1.54, 1.807) is 48.3 Å². The average molecular weight is 663 g/mol. The van der Waals surface area contributed by atoms with E-state index in [1.807, 2.05) is 0 Å². The lowest BCUT2D eigenvalue weighted by Crippen LogP contribution is -2.27. The summed E-state index contributed by atoms with van der Waals surface area (Å²) in [5, 5.41) is 12.0. The topological polar surface area (TPSA) is 167 Å². The predicted octanol–water partition coefficient (Wildman–Crippen LogP) is 3.18. The smallest absolute Gasteiger partial charge is 0.290 e. The fraction of sp³-hybridized carbons (Fsp3) is 0.407. The zero-order chi connectivity index (χ0) is 31.3. The van der Waals surface area contributed by atoms with E-state index in [9.17, 15) is 29.8 Å². The number of fused-ring (bicyclic) bond motifs is 2. The molecule has 42 heavy (non-hydrogen) atoms. The molecule has 0 saturated carbocycles. The number of hydrogen-bond acceptors (Lipinski definition) is 10. The molecule has 0 saturated heterocycles. The predicted molar refractivity (Wildman–Crippen MR) is 166 cm³/mol. The molecule has 0 fully saturated rings. The summed E-state index contributed by atoms with van der Waals surface area (Å²) in [6, 6.07) is 10.3. The number of allylic oxidation sites excluding steroid dienone is 3. The molecule has 1 aliphatic heterocycles. The van der Waals surface area contributed by atoms with Crippen molar-refractivity contribution in [3.63, 3.8) is 0 Å². The molecule has 0 aromatic heterocycles. The molecule has 0 spiro atoms. The van der Waals surface area contributed by atoms with E-state index in [0.29, 0.717) is 34.0 Å². The van der Waals surface area contributed by atoms with E-state index in [1.165, 1.54) is 13.0 Å². The highest BCUT2D eigenvalue weighted by molar-refractivity contribution is 7.91. The Hall–Kier alpha value is -2.62. The minimum Gasteiger partial charge on any atom is -0.457 e. The maximum Gasteiger partial charge on any atom is 0.290 e. The molecule has 1 aliphatic rings. The van der Waals surface area contributed by atoms with Crippen molar-refractivity contribution in [2.75, 3.05) is 65.9 Å². The molecule has 1 unspecified atom stereocenters. The number of aliphatic hydroxyl groups excluding tert-OH is 1. The number of aliphatic hydroxyl groups is 1. The van der Waals surface area contributed by atoms with E-state index >= 15 is 0 Å². The van der Waals surface area contributed by atoms with Gasteiger partial charge in [-0.3, -0.25) is 4.55 Å². The molecule has 0 radical (unpaired) electrons. The van der Waals surface area contributed by atoms with Crippen molar-refractivity contribution in [3.8, 4) is 11.5 Å². The van der Waals surface area contributed by atoms with Crippen LogP contribution in [0.5, 0.6) is 11.5 Å². The first-order chi connectivity index (χ1) is 19.6. The van der Waals surface area contributed by atoms with Crippen LogP contribution in [-0.2, 0) is 29.8 Å². The number of alkyl halides is 1. The molecule has 15 heteroatoms. The molecule has 1 heterocycles. The van der Waals surface area contributed by atoms with Gasteiger partial charge in [0.05, 0.1) is 34.5 Å². The summed E-state index contributed by atoms with van der Waals surface area (Å²) in [7, 11) is -9.59. The van der Waals surface area contributed by atoms with E-state index < -0.39 is 42.3 Å². The minimum atomic E-state index is -4.55. The normalized spacial score (nSPS) is 15.6. The van der Waals surface area contributed by atoms with E-state index in [0.717, 1.165) is 0 Å². The molecule has 2 aromatic rings. The van der Waals surface area contributed by atoms with Gasteiger partial charge < -0.3 is 20.1 Å². The van der Waals surface area contributed by atoms with Crippen LogP contribution in [0, 0.1) is 0 Å². The van der Waals surface area contributed by atoms with Gasteiger partial charge in [-0.2, -0.15) is 8.42 Å². The molecule has 0 amide bonds. The van der Waals surface area contributed by atoms with E-state index in [4.69, 9.17) is 21.4 Å². The molecule has 3 rings (SSSR count). The number of rotatable bonds is 15. The van der Waals surface area contributed by atoms with E-state index in [2.05, 4.69) is 11.9 Å². The Kier molecular flexibility index (Phi) is 11.1. The summed E-state index contributed by atoms with van der Waals surface area (Å²) >= 11 is 5.57. The number of nitrogens with one attached hydrogen (secondary N) is 1. The highest BCUT2D eigenvalue weighted by Crippen LogP contribution is 2.50. The van der Waals surface area contributed by atoms with Gasteiger partial charge in [-0.05, 0) is 24.6 Å². The van der Waals surface area contributed by atoms with Crippen LogP contribution in [0.15, 0.2) is 59.5 Å². The van der Waals surface area contributed by atoms with Crippen LogP contribution in [-0.4, -0.2) is 90.5 Å². The van der Waals surface area contributed by atoms with Gasteiger partial charge in [0.2, 0.25) is 0 Å². The van der Waals surface area contributed by atoms with Crippen LogP contribution in [0.1, 0.15) is 24.0 Å². The number of sulfone groups is 2. The first-order valence-corrected chi connectivity index (χ1v) is 18.5. The summed E-state index contributed by atoms with van der Waals surface area (Å²) in [5.74, 6) is -0.683. The van der Waals surface area contributed by atoms with Crippen LogP contribution in [0.25, 0.3) is 0 Å². The first kappa shape index (κ1) is 33.9. The lowest BCUT2D eigenvalue weighted by atomic mass is 9.82. The fourth-order valence-corrected chi connectivity index (χ4v) is 7.60. The highest BCUT2D eigenvalue weighted by Gasteiger charge is 2.32. The third-order valence-electron chi connectivity index (χ3n) is 6.89. The Balaban J connectivity index is 2.03. The zero-order valence-corrected chi connectivity index (χ0v) is 26.5. The number of halogens is 1. The van der Waals surface area contributed by atoms with Gasteiger partial charge in [-0.25, -0.2) is 16.8 Å². The largest absolute Gasteiger partial charge is 0.457 e. The van der Waals surface area contributed by atoms with Crippen LogP contribution in [0.3, 0.4) is 0 Å². The van der Waals surface area contributed by atoms with Gasteiger partial charge in [0, 0.05) is 66.6 Å². The second-order valence-electron chi connectivity index (χ2n) is 9.77. The maximum atomic E-state index is 12.1. The van der Waals surface area contributed by atoms with Gasteiger partial charge in [0.1, 0.15) is 11.5 Å². The molecular weight excluding hydrogens is 628 g/mol. The van der Waals surface area contributed by atoms with Crippen molar-refractivity contribution in [2.45, 2.75) is 12.8 Å². The number of ether oxygens (including phenoxy) is 1. The number of anilines is 2. The van der Waals surface area contributed by atoms with Crippen molar-refractivity contribution in [1.82, 2.24) is 0 Å². The Morgan fingerprint density at radius 3 is 2.21 bits per heavy atom. The minimum absolute atomic E-state index is 0.00754. The Morgan fingerprint density at radius 1 is 1.00 bits per heavy atom. The van der Waals surface area contributed by atoms with E-state index in [-0.39, 0.29) is 52.5 Å². The number of nitrogens with zero attached hydrogens (tertiary/aromatic N) is 1. The fourth-order valence-electron chi connectivity index (χ4n) is 4.51. The molecule has 0 aliphatic carbocycles. The summed E-state index contributed by atoms with van der Waals surface area (Å²) < 4.78 is 88.5. The second-order valence-corrected chi connectivity index (χ2v) is 16.3. The molecule has 232 valence electrons. The van der Waals surface area contributed by atoms with Crippen LogP contribution >= 0.6 is 11.6 Å². The van der Waals surface area contributed by atoms with Crippen LogP contribution in [0.4, 0.5) is 11.4 Å². The summed E-state index contributed by atoms with van der Waals surface area (Å²) in [5.41, 5.74) is 2.63. The van der Waals surface area contributed by atoms with Crippen LogP contribution < -0.4 is 15.0 Å². The molecule has 0 bridgehead atoms. The summed E-state index contributed by atoms with van der Waals surface area (Å²) in [4.78, 5) is 1.44. The zero-order valence-electron chi connectivity index (χ0n) is 23.3. The number of hydrogen-bond donors (Lipinski definition) is 3. The van der Waals surface area contributed by atoms with Gasteiger partial charge in [0.15, 0.2) is 19.7 Å². The van der Waals surface area contributed by atoms with Crippen molar-refractivity contribution < 1.29 is 39.6 Å². The molecule has 1 atom stereocenters. The monoisotopic (exact) mass is 662 g/mol.